The van der Waals surface area contributed by atoms with Crippen molar-refractivity contribution < 1.29 is 13.9 Å². The van der Waals surface area contributed by atoms with Crippen LogP contribution >= 0.6 is 0 Å². The largest absolute Gasteiger partial charge is 0.444 e. The molecule has 0 aromatic heterocycles. The Bertz CT molecular complexity index is 485. The summed E-state index contributed by atoms with van der Waals surface area (Å²) in [6.07, 6.45) is -0.437. The zero-order valence-corrected chi connectivity index (χ0v) is 12.1. The number of amides is 1. The van der Waals surface area contributed by atoms with Gasteiger partial charge in [0.25, 0.3) is 0 Å². The highest BCUT2D eigenvalue weighted by atomic mass is 19.1. The van der Waals surface area contributed by atoms with Crippen LogP contribution in [-0.4, -0.2) is 30.8 Å². The molecule has 2 N–H and O–H groups in total. The fourth-order valence-electron chi connectivity index (χ4n) is 2.38. The molecule has 1 heterocycles. The monoisotopic (exact) mass is 280 g/mol. The van der Waals surface area contributed by atoms with Gasteiger partial charge in [0, 0.05) is 19.0 Å². The van der Waals surface area contributed by atoms with Crippen molar-refractivity contribution in [2.75, 3.05) is 13.1 Å². The van der Waals surface area contributed by atoms with E-state index in [1.165, 1.54) is 12.1 Å². The quantitative estimate of drug-likeness (QED) is 0.874. The van der Waals surface area contributed by atoms with Crippen molar-refractivity contribution in [2.45, 2.75) is 38.3 Å². The van der Waals surface area contributed by atoms with Crippen molar-refractivity contribution in [3.8, 4) is 0 Å². The van der Waals surface area contributed by atoms with Gasteiger partial charge in [0.1, 0.15) is 11.4 Å². The van der Waals surface area contributed by atoms with E-state index in [1.807, 2.05) is 26.8 Å². The van der Waals surface area contributed by atoms with Gasteiger partial charge < -0.3 is 15.4 Å². The molecule has 0 radical (unpaired) electrons. The van der Waals surface area contributed by atoms with E-state index in [2.05, 4.69) is 10.6 Å². The van der Waals surface area contributed by atoms with Crippen LogP contribution in [0.15, 0.2) is 24.3 Å². The van der Waals surface area contributed by atoms with Gasteiger partial charge in [-0.3, -0.25) is 0 Å². The minimum Gasteiger partial charge on any atom is -0.444 e. The van der Waals surface area contributed by atoms with Gasteiger partial charge in [-0.15, -0.1) is 0 Å². The maximum absolute atomic E-state index is 13.3. The molecule has 5 heteroatoms. The van der Waals surface area contributed by atoms with Gasteiger partial charge in [0.05, 0.1) is 6.04 Å². The fraction of sp³-hybridized carbons (Fsp3) is 0.533. The van der Waals surface area contributed by atoms with E-state index in [4.69, 9.17) is 4.74 Å². The lowest BCUT2D eigenvalue weighted by Crippen LogP contribution is -2.42. The van der Waals surface area contributed by atoms with Crippen LogP contribution in [0.5, 0.6) is 0 Å². The molecule has 1 aliphatic heterocycles. The van der Waals surface area contributed by atoms with E-state index in [1.54, 1.807) is 6.07 Å². The average Bonchev–Trinajstić information content (AvgIpc) is 2.74. The molecule has 110 valence electrons. The van der Waals surface area contributed by atoms with Gasteiger partial charge in [-0.25, -0.2) is 9.18 Å². The van der Waals surface area contributed by atoms with Crippen LogP contribution in [0.3, 0.4) is 0 Å². The lowest BCUT2D eigenvalue weighted by molar-refractivity contribution is 0.0504. The summed E-state index contributed by atoms with van der Waals surface area (Å²) in [5, 5.41) is 6.07. The van der Waals surface area contributed by atoms with Crippen molar-refractivity contribution in [3.63, 3.8) is 0 Å². The molecule has 0 aliphatic carbocycles. The summed E-state index contributed by atoms with van der Waals surface area (Å²) in [5.74, 6) is -0.205. The zero-order valence-electron chi connectivity index (χ0n) is 12.1. The number of carbonyl (C=O) groups is 1. The fourth-order valence-corrected chi connectivity index (χ4v) is 2.38. The van der Waals surface area contributed by atoms with E-state index in [0.717, 1.165) is 5.56 Å². The van der Waals surface area contributed by atoms with Crippen molar-refractivity contribution in [1.82, 2.24) is 10.6 Å². The highest BCUT2D eigenvalue weighted by molar-refractivity contribution is 5.68. The van der Waals surface area contributed by atoms with Gasteiger partial charge >= 0.3 is 6.09 Å². The van der Waals surface area contributed by atoms with Crippen molar-refractivity contribution in [2.24, 2.45) is 0 Å². The average molecular weight is 280 g/mol. The molecule has 20 heavy (non-hydrogen) atoms. The van der Waals surface area contributed by atoms with Gasteiger partial charge in [-0.2, -0.15) is 0 Å². The third-order valence-electron chi connectivity index (χ3n) is 3.19. The van der Waals surface area contributed by atoms with Gasteiger partial charge in [0.15, 0.2) is 0 Å². The molecular formula is C15H21FN2O2. The molecule has 4 nitrogen and oxygen atoms in total. The van der Waals surface area contributed by atoms with E-state index in [0.29, 0.717) is 13.1 Å². The Morgan fingerprint density at radius 1 is 1.40 bits per heavy atom. The first kappa shape index (κ1) is 14.8. The molecule has 1 aliphatic rings. The molecule has 1 fully saturated rings. The third kappa shape index (κ3) is 3.93. The van der Waals surface area contributed by atoms with Crippen LogP contribution < -0.4 is 10.6 Å². The minimum absolute atomic E-state index is 0.0539. The first-order valence-corrected chi connectivity index (χ1v) is 6.81. The van der Waals surface area contributed by atoms with E-state index < -0.39 is 11.7 Å². The van der Waals surface area contributed by atoms with Crippen molar-refractivity contribution in [3.05, 3.63) is 35.6 Å². The number of nitrogens with one attached hydrogen (secondary N) is 2. The molecule has 0 saturated carbocycles. The van der Waals surface area contributed by atoms with Gasteiger partial charge in [-0.1, -0.05) is 12.1 Å². The molecule has 1 saturated heterocycles. The normalized spacial score (nSPS) is 22.6. The van der Waals surface area contributed by atoms with E-state index in [9.17, 15) is 9.18 Å². The Kier molecular flexibility index (Phi) is 4.28. The second-order valence-electron chi connectivity index (χ2n) is 6.07. The number of carbonyl (C=O) groups excluding carboxylic acids is 1. The molecule has 2 atom stereocenters. The van der Waals surface area contributed by atoms with Crippen molar-refractivity contribution >= 4 is 6.09 Å². The molecular weight excluding hydrogens is 259 g/mol. The lowest BCUT2D eigenvalue weighted by Gasteiger charge is -2.24. The Hall–Kier alpha value is -1.62. The molecule has 1 aromatic rings. The van der Waals surface area contributed by atoms with Crippen LogP contribution in [0.2, 0.25) is 0 Å². The van der Waals surface area contributed by atoms with Crippen LogP contribution in [0, 0.1) is 5.82 Å². The number of alkyl carbamates (subject to hydrolysis) is 1. The molecule has 0 bridgehead atoms. The third-order valence-corrected chi connectivity index (χ3v) is 3.19. The smallest absolute Gasteiger partial charge is 0.407 e. The Balaban J connectivity index is 2.03. The first-order chi connectivity index (χ1) is 9.35. The highest BCUT2D eigenvalue weighted by Gasteiger charge is 2.31. The van der Waals surface area contributed by atoms with Gasteiger partial charge in [-0.05, 0) is 38.5 Å². The predicted molar refractivity (Wildman–Crippen MR) is 75.2 cm³/mol. The number of halogens is 1. The SMILES string of the molecule is CC(C)(C)OC(=O)N[C@@H]1CNC[C@@H]1c1cccc(F)c1. The molecule has 1 amide bonds. The number of hydrogen-bond donors (Lipinski definition) is 2. The van der Waals surface area contributed by atoms with Crippen LogP contribution in [0.1, 0.15) is 32.3 Å². The molecule has 0 unspecified atom stereocenters. The number of benzene rings is 1. The Morgan fingerprint density at radius 3 is 2.80 bits per heavy atom. The summed E-state index contributed by atoms with van der Waals surface area (Å²) in [7, 11) is 0. The van der Waals surface area contributed by atoms with Gasteiger partial charge in [0.2, 0.25) is 0 Å². The number of rotatable bonds is 2. The first-order valence-electron chi connectivity index (χ1n) is 6.81. The summed E-state index contributed by atoms with van der Waals surface area (Å²) in [4.78, 5) is 11.8. The maximum Gasteiger partial charge on any atom is 0.407 e. The molecule has 1 aromatic carbocycles. The van der Waals surface area contributed by atoms with Crippen LogP contribution in [0.4, 0.5) is 9.18 Å². The topological polar surface area (TPSA) is 50.4 Å². The maximum atomic E-state index is 13.3. The Morgan fingerprint density at radius 2 is 2.15 bits per heavy atom. The summed E-state index contributed by atoms with van der Waals surface area (Å²) >= 11 is 0. The minimum atomic E-state index is -0.523. The second-order valence-corrected chi connectivity index (χ2v) is 6.07. The summed E-state index contributed by atoms with van der Waals surface area (Å²) in [6.45, 7) is 6.83. The predicted octanol–water partition coefficient (Wildman–Crippen LogP) is 2.41. The number of ether oxygens (including phenoxy) is 1. The van der Waals surface area contributed by atoms with Crippen LogP contribution in [0.25, 0.3) is 0 Å². The van der Waals surface area contributed by atoms with Crippen LogP contribution in [-0.2, 0) is 4.74 Å². The van der Waals surface area contributed by atoms with E-state index in [-0.39, 0.29) is 17.8 Å². The second kappa shape index (κ2) is 5.79. The van der Waals surface area contributed by atoms with E-state index >= 15 is 0 Å². The zero-order chi connectivity index (χ0) is 14.8. The standard InChI is InChI=1S/C15H21FN2O2/c1-15(2,3)20-14(19)18-13-9-17-8-12(13)10-5-4-6-11(16)7-10/h4-7,12-13,17H,8-9H2,1-3H3,(H,18,19)/t12-,13-/m1/s1. The number of hydrogen-bond acceptors (Lipinski definition) is 3. The summed E-state index contributed by atoms with van der Waals surface area (Å²) in [6, 6.07) is 6.41. The summed E-state index contributed by atoms with van der Waals surface area (Å²) in [5.41, 5.74) is 0.362. The summed E-state index contributed by atoms with van der Waals surface area (Å²) < 4.78 is 18.6. The lowest BCUT2D eigenvalue weighted by atomic mass is 9.94. The Labute approximate surface area is 118 Å². The molecule has 2 rings (SSSR count). The molecule has 0 spiro atoms. The highest BCUT2D eigenvalue weighted by Crippen LogP contribution is 2.23. The van der Waals surface area contributed by atoms with Crippen molar-refractivity contribution in [1.29, 1.82) is 0 Å².